The standard InChI is InChI=1S/C16H27N3O2/c1-12(2)19-11-13(17)10-15(19)16(20)21-9-7-14-6-4-5-8-18(14)3/h10-12,14H,4-9,17H2,1-3H3. The second-order valence-corrected chi connectivity index (χ2v) is 6.21. The predicted molar refractivity (Wildman–Crippen MR) is 84.4 cm³/mol. The first kappa shape index (κ1) is 15.9. The van der Waals surface area contributed by atoms with E-state index < -0.39 is 0 Å². The van der Waals surface area contributed by atoms with E-state index in [1.807, 2.05) is 18.4 Å². The van der Waals surface area contributed by atoms with E-state index >= 15 is 0 Å². The van der Waals surface area contributed by atoms with Crippen LogP contribution in [0.4, 0.5) is 5.69 Å². The molecule has 0 saturated carbocycles. The van der Waals surface area contributed by atoms with Gasteiger partial charge in [-0.3, -0.25) is 0 Å². The first-order chi connectivity index (χ1) is 9.99. The topological polar surface area (TPSA) is 60.5 Å². The number of likely N-dealkylation sites (tertiary alicyclic amines) is 1. The van der Waals surface area contributed by atoms with Crippen molar-refractivity contribution in [2.45, 2.75) is 51.6 Å². The highest BCUT2D eigenvalue weighted by Crippen LogP contribution is 2.19. The highest BCUT2D eigenvalue weighted by atomic mass is 16.5. The molecule has 2 rings (SSSR count). The number of hydrogen-bond donors (Lipinski definition) is 1. The fourth-order valence-corrected chi connectivity index (χ4v) is 2.96. The number of nitrogens with two attached hydrogens (primary N) is 1. The SMILES string of the molecule is CC(C)n1cc(N)cc1C(=O)OCCC1CCCCN1C. The molecule has 1 aromatic heterocycles. The highest BCUT2D eigenvalue weighted by molar-refractivity contribution is 5.89. The number of esters is 1. The van der Waals surface area contributed by atoms with Gasteiger partial charge in [-0.25, -0.2) is 4.79 Å². The van der Waals surface area contributed by atoms with E-state index in [0.29, 0.717) is 24.0 Å². The molecule has 21 heavy (non-hydrogen) atoms. The number of piperidine rings is 1. The quantitative estimate of drug-likeness (QED) is 0.848. The molecule has 1 fully saturated rings. The molecular weight excluding hydrogens is 266 g/mol. The van der Waals surface area contributed by atoms with Gasteiger partial charge in [0.05, 0.1) is 12.3 Å². The largest absolute Gasteiger partial charge is 0.461 e. The van der Waals surface area contributed by atoms with Crippen LogP contribution in [0, 0.1) is 0 Å². The van der Waals surface area contributed by atoms with Crippen molar-refractivity contribution in [1.82, 2.24) is 9.47 Å². The van der Waals surface area contributed by atoms with Gasteiger partial charge in [0.1, 0.15) is 5.69 Å². The van der Waals surface area contributed by atoms with Gasteiger partial charge in [0.2, 0.25) is 0 Å². The van der Waals surface area contributed by atoms with E-state index in [0.717, 1.165) is 13.0 Å². The third-order valence-corrected chi connectivity index (χ3v) is 4.24. The van der Waals surface area contributed by atoms with Gasteiger partial charge in [0.25, 0.3) is 0 Å². The number of nitrogens with zero attached hydrogens (tertiary/aromatic N) is 2. The molecular formula is C16H27N3O2. The van der Waals surface area contributed by atoms with Gasteiger partial charge in [0.15, 0.2) is 0 Å². The van der Waals surface area contributed by atoms with E-state index in [1.165, 1.54) is 19.3 Å². The lowest BCUT2D eigenvalue weighted by atomic mass is 10.0. The fourth-order valence-electron chi connectivity index (χ4n) is 2.96. The maximum atomic E-state index is 12.2. The summed E-state index contributed by atoms with van der Waals surface area (Å²) in [6, 6.07) is 2.41. The van der Waals surface area contributed by atoms with Gasteiger partial charge in [-0.2, -0.15) is 0 Å². The molecule has 0 spiro atoms. The summed E-state index contributed by atoms with van der Waals surface area (Å²) in [5.41, 5.74) is 6.92. The molecule has 0 aromatic carbocycles. The average Bonchev–Trinajstić information content (AvgIpc) is 2.83. The zero-order valence-electron chi connectivity index (χ0n) is 13.3. The van der Waals surface area contributed by atoms with Crippen molar-refractivity contribution in [1.29, 1.82) is 0 Å². The summed E-state index contributed by atoms with van der Waals surface area (Å²) in [4.78, 5) is 14.6. The molecule has 0 radical (unpaired) electrons. The van der Waals surface area contributed by atoms with Gasteiger partial charge < -0.3 is 19.9 Å². The Morgan fingerprint density at radius 3 is 2.90 bits per heavy atom. The lowest BCUT2D eigenvalue weighted by Gasteiger charge is -2.32. The van der Waals surface area contributed by atoms with Gasteiger partial charge >= 0.3 is 5.97 Å². The molecule has 1 aromatic rings. The molecule has 0 aliphatic carbocycles. The minimum atomic E-state index is -0.279. The van der Waals surface area contributed by atoms with Crippen LogP contribution in [0.3, 0.4) is 0 Å². The van der Waals surface area contributed by atoms with Crippen molar-refractivity contribution >= 4 is 11.7 Å². The summed E-state index contributed by atoms with van der Waals surface area (Å²) in [6.07, 6.45) is 6.43. The molecule has 118 valence electrons. The molecule has 1 saturated heterocycles. The molecule has 5 nitrogen and oxygen atoms in total. The Kier molecular flexibility index (Phi) is 5.28. The third-order valence-electron chi connectivity index (χ3n) is 4.24. The Hall–Kier alpha value is -1.49. The minimum absolute atomic E-state index is 0.189. The zero-order chi connectivity index (χ0) is 15.4. The van der Waals surface area contributed by atoms with Crippen LogP contribution in [-0.4, -0.2) is 41.7 Å². The Morgan fingerprint density at radius 1 is 1.48 bits per heavy atom. The second kappa shape index (κ2) is 6.98. The molecule has 1 atom stereocenters. The normalized spacial score (nSPS) is 19.9. The Balaban J connectivity index is 1.87. The maximum absolute atomic E-state index is 12.2. The Labute approximate surface area is 127 Å². The van der Waals surface area contributed by atoms with Crippen LogP contribution in [0.1, 0.15) is 56.1 Å². The zero-order valence-corrected chi connectivity index (χ0v) is 13.3. The van der Waals surface area contributed by atoms with Gasteiger partial charge in [0, 0.05) is 18.3 Å². The fraction of sp³-hybridized carbons (Fsp3) is 0.688. The first-order valence-corrected chi connectivity index (χ1v) is 7.83. The number of hydrogen-bond acceptors (Lipinski definition) is 4. The molecule has 1 unspecified atom stereocenters. The molecule has 0 bridgehead atoms. The van der Waals surface area contributed by atoms with Crippen LogP contribution in [0.15, 0.2) is 12.3 Å². The molecule has 0 amide bonds. The van der Waals surface area contributed by atoms with Crippen LogP contribution in [0.2, 0.25) is 0 Å². The Bertz CT molecular complexity index is 482. The van der Waals surface area contributed by atoms with Gasteiger partial charge in [-0.1, -0.05) is 6.42 Å². The van der Waals surface area contributed by atoms with Crippen LogP contribution >= 0.6 is 0 Å². The van der Waals surface area contributed by atoms with E-state index in [4.69, 9.17) is 10.5 Å². The van der Waals surface area contributed by atoms with Crippen molar-refractivity contribution in [3.8, 4) is 0 Å². The molecule has 2 N–H and O–H groups in total. The van der Waals surface area contributed by atoms with E-state index in [1.54, 1.807) is 12.3 Å². The molecule has 2 heterocycles. The molecule has 1 aliphatic heterocycles. The summed E-state index contributed by atoms with van der Waals surface area (Å²) in [5.74, 6) is -0.279. The van der Waals surface area contributed by atoms with E-state index in [9.17, 15) is 4.79 Å². The van der Waals surface area contributed by atoms with Gasteiger partial charge in [-0.15, -0.1) is 0 Å². The predicted octanol–water partition coefficient (Wildman–Crippen LogP) is 2.68. The number of carbonyl (C=O) groups excluding carboxylic acids is 1. The molecule has 1 aliphatic rings. The second-order valence-electron chi connectivity index (χ2n) is 6.21. The van der Waals surface area contributed by atoms with Crippen LogP contribution in [0.5, 0.6) is 0 Å². The lowest BCUT2D eigenvalue weighted by Crippen LogP contribution is -2.37. The number of ether oxygens (including phenoxy) is 1. The summed E-state index contributed by atoms with van der Waals surface area (Å²) in [5, 5.41) is 0. The van der Waals surface area contributed by atoms with Crippen molar-refractivity contribution in [2.24, 2.45) is 0 Å². The number of anilines is 1. The van der Waals surface area contributed by atoms with E-state index in [2.05, 4.69) is 11.9 Å². The lowest BCUT2D eigenvalue weighted by molar-refractivity contribution is 0.0436. The first-order valence-electron chi connectivity index (χ1n) is 7.83. The smallest absolute Gasteiger partial charge is 0.355 e. The third kappa shape index (κ3) is 4.00. The van der Waals surface area contributed by atoms with Crippen molar-refractivity contribution in [2.75, 3.05) is 25.9 Å². The summed E-state index contributed by atoms with van der Waals surface area (Å²) < 4.78 is 7.31. The molecule has 5 heteroatoms. The number of nitrogen functional groups attached to an aromatic ring is 1. The van der Waals surface area contributed by atoms with Gasteiger partial charge in [-0.05, 0) is 52.8 Å². The van der Waals surface area contributed by atoms with Crippen LogP contribution in [0.25, 0.3) is 0 Å². The number of rotatable bonds is 5. The van der Waals surface area contributed by atoms with Crippen molar-refractivity contribution < 1.29 is 9.53 Å². The van der Waals surface area contributed by atoms with Crippen molar-refractivity contribution in [3.05, 3.63) is 18.0 Å². The summed E-state index contributed by atoms with van der Waals surface area (Å²) in [6.45, 7) is 5.66. The van der Waals surface area contributed by atoms with Crippen LogP contribution in [-0.2, 0) is 4.74 Å². The number of aromatic nitrogens is 1. The average molecular weight is 293 g/mol. The minimum Gasteiger partial charge on any atom is -0.461 e. The summed E-state index contributed by atoms with van der Waals surface area (Å²) in [7, 11) is 2.15. The van der Waals surface area contributed by atoms with Crippen molar-refractivity contribution in [3.63, 3.8) is 0 Å². The number of carbonyl (C=O) groups is 1. The maximum Gasteiger partial charge on any atom is 0.355 e. The highest BCUT2D eigenvalue weighted by Gasteiger charge is 2.20. The summed E-state index contributed by atoms with van der Waals surface area (Å²) >= 11 is 0. The Morgan fingerprint density at radius 2 is 2.24 bits per heavy atom. The van der Waals surface area contributed by atoms with Crippen LogP contribution < -0.4 is 5.73 Å². The van der Waals surface area contributed by atoms with E-state index in [-0.39, 0.29) is 12.0 Å². The monoisotopic (exact) mass is 293 g/mol.